The summed E-state index contributed by atoms with van der Waals surface area (Å²) in [7, 11) is 1.65. The number of hydrogen-bond donors (Lipinski definition) is 1. The van der Waals surface area contributed by atoms with Gasteiger partial charge in [-0.2, -0.15) is 0 Å². The van der Waals surface area contributed by atoms with Gasteiger partial charge in [0.25, 0.3) is 5.91 Å². The molecule has 0 saturated heterocycles. The van der Waals surface area contributed by atoms with Crippen LogP contribution in [-0.2, 0) is 11.4 Å². The van der Waals surface area contributed by atoms with E-state index < -0.39 is 5.82 Å². The van der Waals surface area contributed by atoms with Crippen molar-refractivity contribution < 1.29 is 19.0 Å². The van der Waals surface area contributed by atoms with Crippen LogP contribution in [0.5, 0.6) is 5.75 Å². The summed E-state index contributed by atoms with van der Waals surface area (Å²) in [6.07, 6.45) is 0. The summed E-state index contributed by atoms with van der Waals surface area (Å²) in [6.45, 7) is 2.00. The molecule has 1 aromatic carbocycles. The summed E-state index contributed by atoms with van der Waals surface area (Å²) in [4.78, 5) is 12.9. The van der Waals surface area contributed by atoms with Gasteiger partial charge >= 0.3 is 0 Å². The van der Waals surface area contributed by atoms with Crippen molar-refractivity contribution in [2.75, 3.05) is 20.2 Å². The maximum absolute atomic E-state index is 13.4. The van der Waals surface area contributed by atoms with Crippen molar-refractivity contribution in [2.24, 2.45) is 0 Å². The Morgan fingerprint density at radius 2 is 2.24 bits per heavy atom. The Bertz CT molecular complexity index is 395. The number of rotatable bonds is 5. The van der Waals surface area contributed by atoms with Gasteiger partial charge in [0.2, 0.25) is 0 Å². The van der Waals surface area contributed by atoms with Crippen molar-refractivity contribution in [2.45, 2.75) is 13.5 Å². The zero-order valence-electron chi connectivity index (χ0n) is 9.94. The van der Waals surface area contributed by atoms with Gasteiger partial charge < -0.3 is 14.7 Å². The minimum atomic E-state index is -0.580. The maximum Gasteiger partial charge on any atom is 0.260 e. The van der Waals surface area contributed by atoms with E-state index in [1.807, 2.05) is 6.92 Å². The zero-order chi connectivity index (χ0) is 12.8. The third-order valence-electron chi connectivity index (χ3n) is 2.43. The normalized spacial score (nSPS) is 10.1. The third kappa shape index (κ3) is 3.71. The average molecular weight is 241 g/mol. The highest BCUT2D eigenvalue weighted by Crippen LogP contribution is 2.18. The Morgan fingerprint density at radius 3 is 2.76 bits per heavy atom. The number of carbonyl (C=O) groups excluding carboxylic acids is 1. The molecule has 0 atom stereocenters. The summed E-state index contributed by atoms with van der Waals surface area (Å²) in [5.41, 5.74) is 0.465. The molecule has 0 radical (unpaired) electrons. The molecule has 0 saturated carbocycles. The monoisotopic (exact) mass is 241 g/mol. The molecule has 0 bridgehead atoms. The molecule has 17 heavy (non-hydrogen) atoms. The molecule has 0 aliphatic rings. The minimum absolute atomic E-state index is 0.0139. The molecule has 0 aromatic heterocycles. The van der Waals surface area contributed by atoms with E-state index in [4.69, 9.17) is 9.84 Å². The fraction of sp³-hybridized carbons (Fsp3) is 0.417. The fourth-order valence-electron chi connectivity index (χ4n) is 1.19. The van der Waals surface area contributed by atoms with Crippen molar-refractivity contribution in [1.82, 2.24) is 4.90 Å². The van der Waals surface area contributed by atoms with E-state index in [2.05, 4.69) is 0 Å². The van der Waals surface area contributed by atoms with E-state index in [-0.39, 0.29) is 24.9 Å². The minimum Gasteiger partial charge on any atom is -0.481 e. The van der Waals surface area contributed by atoms with Crippen LogP contribution >= 0.6 is 0 Å². The molecular weight excluding hydrogens is 225 g/mol. The zero-order valence-corrected chi connectivity index (χ0v) is 9.94. The Kier molecular flexibility index (Phi) is 4.90. The van der Waals surface area contributed by atoms with Crippen LogP contribution in [0.15, 0.2) is 18.2 Å². The molecule has 0 fully saturated rings. The second-order valence-corrected chi connectivity index (χ2v) is 3.62. The Morgan fingerprint density at radius 1 is 1.53 bits per heavy atom. The van der Waals surface area contributed by atoms with Crippen molar-refractivity contribution in [1.29, 1.82) is 0 Å². The largest absolute Gasteiger partial charge is 0.481 e. The van der Waals surface area contributed by atoms with Gasteiger partial charge in [0.05, 0.1) is 6.61 Å². The molecule has 1 aromatic rings. The number of amides is 1. The van der Waals surface area contributed by atoms with Gasteiger partial charge in [-0.1, -0.05) is 6.07 Å². The van der Waals surface area contributed by atoms with Crippen LogP contribution in [0, 0.1) is 5.82 Å². The van der Waals surface area contributed by atoms with Crippen molar-refractivity contribution >= 4 is 5.91 Å². The average Bonchev–Trinajstić information content (AvgIpc) is 2.35. The highest BCUT2D eigenvalue weighted by atomic mass is 19.1. The first-order valence-electron chi connectivity index (χ1n) is 5.34. The summed E-state index contributed by atoms with van der Waals surface area (Å²) in [5.74, 6) is -0.776. The van der Waals surface area contributed by atoms with Crippen LogP contribution in [0.4, 0.5) is 4.39 Å². The molecule has 1 amide bonds. The summed E-state index contributed by atoms with van der Waals surface area (Å²) >= 11 is 0. The second-order valence-electron chi connectivity index (χ2n) is 3.62. The van der Waals surface area contributed by atoms with Gasteiger partial charge in [0.15, 0.2) is 18.2 Å². The molecule has 0 heterocycles. The molecule has 0 spiro atoms. The van der Waals surface area contributed by atoms with Crippen LogP contribution in [0.1, 0.15) is 12.5 Å². The first-order valence-corrected chi connectivity index (χ1v) is 5.34. The summed E-state index contributed by atoms with van der Waals surface area (Å²) in [5, 5.41) is 8.81. The summed E-state index contributed by atoms with van der Waals surface area (Å²) < 4.78 is 18.5. The predicted octanol–water partition coefficient (Wildman–Crippen LogP) is 1.18. The number of carbonyl (C=O) groups is 1. The van der Waals surface area contributed by atoms with Crippen molar-refractivity contribution in [3.63, 3.8) is 0 Å². The van der Waals surface area contributed by atoms with Crippen LogP contribution in [0.2, 0.25) is 0 Å². The number of hydrogen-bond acceptors (Lipinski definition) is 3. The topological polar surface area (TPSA) is 49.8 Å². The van der Waals surface area contributed by atoms with E-state index in [9.17, 15) is 9.18 Å². The van der Waals surface area contributed by atoms with Crippen LogP contribution < -0.4 is 4.74 Å². The van der Waals surface area contributed by atoms with E-state index in [0.717, 1.165) is 0 Å². The Labute approximate surface area is 99.6 Å². The predicted molar refractivity (Wildman–Crippen MR) is 61.1 cm³/mol. The number of aliphatic hydroxyl groups is 1. The van der Waals surface area contributed by atoms with E-state index in [0.29, 0.717) is 12.1 Å². The van der Waals surface area contributed by atoms with E-state index >= 15 is 0 Å². The molecule has 94 valence electrons. The smallest absolute Gasteiger partial charge is 0.260 e. The van der Waals surface area contributed by atoms with E-state index in [1.54, 1.807) is 13.1 Å². The SMILES string of the molecule is CCN(C)C(=O)COc1ccc(CO)cc1F. The Balaban J connectivity index is 2.61. The first-order chi connectivity index (χ1) is 8.08. The third-order valence-corrected chi connectivity index (χ3v) is 2.43. The number of halogens is 1. The number of aliphatic hydroxyl groups excluding tert-OH is 1. The molecule has 1 rings (SSSR count). The quantitative estimate of drug-likeness (QED) is 0.842. The highest BCUT2D eigenvalue weighted by molar-refractivity contribution is 5.77. The lowest BCUT2D eigenvalue weighted by atomic mass is 10.2. The lowest BCUT2D eigenvalue weighted by Gasteiger charge is -2.15. The Hall–Kier alpha value is -1.62. The number of ether oxygens (including phenoxy) is 1. The van der Waals surface area contributed by atoms with Gasteiger partial charge in [-0.3, -0.25) is 4.79 Å². The van der Waals surface area contributed by atoms with Gasteiger partial charge in [-0.05, 0) is 24.6 Å². The molecule has 0 aliphatic carbocycles. The standard InChI is InChI=1S/C12H16FNO3/c1-3-14(2)12(16)8-17-11-5-4-9(7-15)6-10(11)13/h4-6,15H,3,7-8H2,1-2H3. The molecule has 5 heteroatoms. The van der Waals surface area contributed by atoms with Crippen molar-refractivity contribution in [3.8, 4) is 5.75 Å². The lowest BCUT2D eigenvalue weighted by molar-refractivity contribution is -0.131. The van der Waals surface area contributed by atoms with Crippen LogP contribution in [0.25, 0.3) is 0 Å². The highest BCUT2D eigenvalue weighted by Gasteiger charge is 2.10. The van der Waals surface area contributed by atoms with Crippen molar-refractivity contribution in [3.05, 3.63) is 29.6 Å². The molecule has 0 unspecified atom stereocenters. The maximum atomic E-state index is 13.4. The molecular formula is C12H16FNO3. The van der Waals surface area contributed by atoms with Crippen LogP contribution in [0.3, 0.4) is 0 Å². The van der Waals surface area contributed by atoms with Gasteiger partial charge in [-0.25, -0.2) is 4.39 Å². The fourth-order valence-corrected chi connectivity index (χ4v) is 1.19. The molecule has 4 nitrogen and oxygen atoms in total. The van der Waals surface area contributed by atoms with Gasteiger partial charge in [0, 0.05) is 13.6 Å². The number of nitrogens with zero attached hydrogens (tertiary/aromatic N) is 1. The van der Waals surface area contributed by atoms with Crippen LogP contribution in [-0.4, -0.2) is 36.1 Å². The summed E-state index contributed by atoms with van der Waals surface area (Å²) in [6, 6.07) is 4.13. The van der Waals surface area contributed by atoms with Gasteiger partial charge in [-0.15, -0.1) is 0 Å². The molecule has 1 N–H and O–H groups in total. The van der Waals surface area contributed by atoms with E-state index in [1.165, 1.54) is 17.0 Å². The second kappa shape index (κ2) is 6.20. The number of likely N-dealkylation sites (N-methyl/N-ethyl adjacent to an activating group) is 1. The first kappa shape index (κ1) is 13.4. The number of benzene rings is 1. The molecule has 0 aliphatic heterocycles. The van der Waals surface area contributed by atoms with Gasteiger partial charge in [0.1, 0.15) is 0 Å². The lowest BCUT2D eigenvalue weighted by Crippen LogP contribution is -2.31.